The van der Waals surface area contributed by atoms with Gasteiger partial charge in [0, 0.05) is 18.3 Å². The quantitative estimate of drug-likeness (QED) is 0.875. The third-order valence-electron chi connectivity index (χ3n) is 4.00. The number of benzene rings is 1. The maximum atomic E-state index is 3.73. The summed E-state index contributed by atoms with van der Waals surface area (Å²) >= 11 is 0. The molecule has 0 saturated heterocycles. The average Bonchev–Trinajstić information content (AvgIpc) is 2.26. The van der Waals surface area contributed by atoms with Gasteiger partial charge in [-0.25, -0.2) is 0 Å². The minimum atomic E-state index is 0.497. The lowest BCUT2D eigenvalue weighted by molar-refractivity contribution is 0.229. The molecule has 0 aromatic heterocycles. The topological polar surface area (TPSA) is 15.3 Å². The van der Waals surface area contributed by atoms with Crippen molar-refractivity contribution in [2.75, 3.05) is 19.4 Å². The van der Waals surface area contributed by atoms with Gasteiger partial charge in [-0.3, -0.25) is 0 Å². The van der Waals surface area contributed by atoms with Gasteiger partial charge in [0.1, 0.15) is 0 Å². The number of nitrogens with zero attached hydrogens (tertiary/aromatic N) is 1. The molecule has 1 aromatic rings. The van der Waals surface area contributed by atoms with Crippen molar-refractivity contribution in [3.8, 4) is 0 Å². The van der Waals surface area contributed by atoms with Gasteiger partial charge in [-0.2, -0.15) is 0 Å². The van der Waals surface area contributed by atoms with E-state index in [1.807, 2.05) is 0 Å². The van der Waals surface area contributed by atoms with E-state index in [1.54, 1.807) is 0 Å². The third-order valence-corrected chi connectivity index (χ3v) is 4.00. The zero-order valence-electron chi connectivity index (χ0n) is 12.9. The number of anilines is 1. The molecule has 0 heterocycles. The molecule has 1 fully saturated rings. The van der Waals surface area contributed by atoms with E-state index in [-0.39, 0.29) is 0 Å². The SMILES string of the molecule is CN(C)Cc1cccc(NC2CCCC(C)(C)C2)c1. The maximum absolute atomic E-state index is 3.73. The fraction of sp³-hybridized carbons (Fsp3) is 0.647. The largest absolute Gasteiger partial charge is 0.382 e. The van der Waals surface area contributed by atoms with Crippen molar-refractivity contribution >= 4 is 5.69 Å². The molecule has 19 heavy (non-hydrogen) atoms. The fourth-order valence-corrected chi connectivity index (χ4v) is 3.18. The average molecular weight is 260 g/mol. The Labute approximate surface area is 118 Å². The summed E-state index contributed by atoms with van der Waals surface area (Å²) in [4.78, 5) is 2.21. The zero-order chi connectivity index (χ0) is 13.9. The van der Waals surface area contributed by atoms with Gasteiger partial charge >= 0.3 is 0 Å². The molecule has 0 bridgehead atoms. The number of nitrogens with one attached hydrogen (secondary N) is 1. The van der Waals surface area contributed by atoms with Crippen molar-refractivity contribution in [1.82, 2.24) is 4.90 Å². The Morgan fingerprint density at radius 2 is 2.11 bits per heavy atom. The Balaban J connectivity index is 1.98. The molecule has 1 aliphatic rings. The normalized spacial score (nSPS) is 22.5. The summed E-state index contributed by atoms with van der Waals surface area (Å²) in [6.07, 6.45) is 5.31. The van der Waals surface area contributed by atoms with E-state index < -0.39 is 0 Å². The summed E-state index contributed by atoms with van der Waals surface area (Å²) in [5.74, 6) is 0. The Kier molecular flexibility index (Phi) is 4.51. The van der Waals surface area contributed by atoms with E-state index in [9.17, 15) is 0 Å². The van der Waals surface area contributed by atoms with Crippen LogP contribution in [0.25, 0.3) is 0 Å². The number of rotatable bonds is 4. The van der Waals surface area contributed by atoms with Crippen molar-refractivity contribution in [1.29, 1.82) is 0 Å². The van der Waals surface area contributed by atoms with Crippen LogP contribution in [0.2, 0.25) is 0 Å². The molecular weight excluding hydrogens is 232 g/mol. The summed E-state index contributed by atoms with van der Waals surface area (Å²) in [6, 6.07) is 9.49. The van der Waals surface area contributed by atoms with Crippen LogP contribution in [0.3, 0.4) is 0 Å². The lowest BCUT2D eigenvalue weighted by atomic mass is 9.75. The second kappa shape index (κ2) is 5.96. The first-order valence-corrected chi connectivity index (χ1v) is 7.45. The lowest BCUT2D eigenvalue weighted by Crippen LogP contribution is -2.31. The first kappa shape index (κ1) is 14.4. The molecule has 1 saturated carbocycles. The van der Waals surface area contributed by atoms with Crippen LogP contribution < -0.4 is 5.32 Å². The zero-order valence-corrected chi connectivity index (χ0v) is 12.9. The molecular formula is C17H28N2. The van der Waals surface area contributed by atoms with Crippen LogP contribution >= 0.6 is 0 Å². The van der Waals surface area contributed by atoms with Crippen molar-refractivity contribution in [2.24, 2.45) is 5.41 Å². The molecule has 1 unspecified atom stereocenters. The van der Waals surface area contributed by atoms with Gasteiger partial charge in [-0.05, 0) is 56.5 Å². The molecule has 2 nitrogen and oxygen atoms in total. The molecule has 1 aromatic carbocycles. The summed E-state index contributed by atoms with van der Waals surface area (Å²) in [6.45, 7) is 5.79. The third kappa shape index (κ3) is 4.54. The highest BCUT2D eigenvalue weighted by atomic mass is 15.0. The highest BCUT2D eigenvalue weighted by Gasteiger charge is 2.27. The van der Waals surface area contributed by atoms with E-state index in [1.165, 1.54) is 36.9 Å². The van der Waals surface area contributed by atoms with Gasteiger partial charge in [0.25, 0.3) is 0 Å². The molecule has 1 N–H and O–H groups in total. The van der Waals surface area contributed by atoms with Crippen LogP contribution in [0.5, 0.6) is 0 Å². The molecule has 0 amide bonds. The van der Waals surface area contributed by atoms with Crippen LogP contribution in [-0.2, 0) is 6.54 Å². The van der Waals surface area contributed by atoms with E-state index in [2.05, 4.69) is 62.4 Å². The van der Waals surface area contributed by atoms with Gasteiger partial charge < -0.3 is 10.2 Å². The van der Waals surface area contributed by atoms with Gasteiger partial charge in [-0.1, -0.05) is 32.4 Å². The lowest BCUT2D eigenvalue weighted by Gasteiger charge is -2.36. The number of hydrogen-bond acceptors (Lipinski definition) is 2. The fourth-order valence-electron chi connectivity index (χ4n) is 3.18. The van der Waals surface area contributed by atoms with Crippen LogP contribution in [0.4, 0.5) is 5.69 Å². The summed E-state index contributed by atoms with van der Waals surface area (Å²) in [7, 11) is 4.23. The highest BCUT2D eigenvalue weighted by molar-refractivity contribution is 5.46. The Morgan fingerprint density at radius 1 is 1.32 bits per heavy atom. The summed E-state index contributed by atoms with van der Waals surface area (Å²) in [5, 5.41) is 3.73. The standard InChI is InChI=1S/C17H28N2/c1-17(2)10-6-9-16(12-17)18-15-8-5-7-14(11-15)13-19(3)4/h5,7-8,11,16,18H,6,9-10,12-13H2,1-4H3. The van der Waals surface area contributed by atoms with Gasteiger partial charge in [0.15, 0.2) is 0 Å². The number of hydrogen-bond donors (Lipinski definition) is 1. The second-order valence-corrected chi connectivity index (χ2v) is 7.04. The van der Waals surface area contributed by atoms with Crippen molar-refractivity contribution < 1.29 is 0 Å². The first-order valence-electron chi connectivity index (χ1n) is 7.45. The van der Waals surface area contributed by atoms with Crippen LogP contribution in [0.15, 0.2) is 24.3 Å². The highest BCUT2D eigenvalue weighted by Crippen LogP contribution is 2.36. The Morgan fingerprint density at radius 3 is 2.79 bits per heavy atom. The molecule has 0 spiro atoms. The Bertz CT molecular complexity index is 409. The Hall–Kier alpha value is -1.02. The second-order valence-electron chi connectivity index (χ2n) is 7.04. The molecule has 1 aliphatic carbocycles. The first-order chi connectivity index (χ1) is 8.94. The molecule has 2 heteroatoms. The molecule has 106 valence electrons. The van der Waals surface area contributed by atoms with E-state index >= 15 is 0 Å². The van der Waals surface area contributed by atoms with Gasteiger partial charge in [-0.15, -0.1) is 0 Å². The van der Waals surface area contributed by atoms with E-state index in [0.29, 0.717) is 11.5 Å². The monoisotopic (exact) mass is 260 g/mol. The predicted molar refractivity (Wildman–Crippen MR) is 83.5 cm³/mol. The van der Waals surface area contributed by atoms with E-state index in [4.69, 9.17) is 0 Å². The van der Waals surface area contributed by atoms with Gasteiger partial charge in [0.05, 0.1) is 0 Å². The minimum absolute atomic E-state index is 0.497. The molecule has 0 radical (unpaired) electrons. The van der Waals surface area contributed by atoms with E-state index in [0.717, 1.165) is 6.54 Å². The van der Waals surface area contributed by atoms with Crippen LogP contribution in [0.1, 0.15) is 45.1 Å². The summed E-state index contributed by atoms with van der Waals surface area (Å²) < 4.78 is 0. The molecule has 2 rings (SSSR count). The van der Waals surface area contributed by atoms with Crippen molar-refractivity contribution in [3.63, 3.8) is 0 Å². The van der Waals surface area contributed by atoms with Crippen molar-refractivity contribution in [2.45, 2.75) is 52.1 Å². The predicted octanol–water partition coefficient (Wildman–Crippen LogP) is 4.13. The van der Waals surface area contributed by atoms with Crippen LogP contribution in [-0.4, -0.2) is 25.0 Å². The summed E-state index contributed by atoms with van der Waals surface area (Å²) in [5.41, 5.74) is 3.16. The van der Waals surface area contributed by atoms with Crippen molar-refractivity contribution in [3.05, 3.63) is 29.8 Å². The molecule has 0 aliphatic heterocycles. The minimum Gasteiger partial charge on any atom is -0.382 e. The van der Waals surface area contributed by atoms with Crippen LogP contribution in [0, 0.1) is 5.41 Å². The maximum Gasteiger partial charge on any atom is 0.0345 e. The van der Waals surface area contributed by atoms with Gasteiger partial charge in [0.2, 0.25) is 0 Å². The molecule has 1 atom stereocenters. The smallest absolute Gasteiger partial charge is 0.0345 e.